The summed E-state index contributed by atoms with van der Waals surface area (Å²) in [5.41, 5.74) is 3.75. The van der Waals surface area contributed by atoms with E-state index in [0.717, 1.165) is 53.9 Å². The number of nitrogens with zero attached hydrogens (tertiary/aromatic N) is 5. The van der Waals surface area contributed by atoms with Crippen molar-refractivity contribution in [3.63, 3.8) is 0 Å². The van der Waals surface area contributed by atoms with Gasteiger partial charge in [0.1, 0.15) is 5.82 Å². The number of morpholine rings is 1. The third kappa shape index (κ3) is 4.73. The summed E-state index contributed by atoms with van der Waals surface area (Å²) in [5, 5.41) is 20.3. The van der Waals surface area contributed by atoms with E-state index < -0.39 is 0 Å². The zero-order valence-electron chi connectivity index (χ0n) is 20.6. The van der Waals surface area contributed by atoms with E-state index in [1.807, 2.05) is 35.1 Å². The smallest absolute Gasteiger partial charge is 0.323 e. The van der Waals surface area contributed by atoms with Gasteiger partial charge in [0, 0.05) is 36.6 Å². The van der Waals surface area contributed by atoms with Crippen molar-refractivity contribution in [1.82, 2.24) is 19.7 Å². The molecule has 0 saturated carbocycles. The molecule has 3 N–H and O–H groups in total. The maximum absolute atomic E-state index is 12.4. The molecule has 2 aromatic heterocycles. The van der Waals surface area contributed by atoms with E-state index in [0.29, 0.717) is 23.7 Å². The molecule has 2 saturated heterocycles. The average molecular weight is 500 g/mol. The van der Waals surface area contributed by atoms with E-state index in [1.165, 1.54) is 0 Å². The summed E-state index contributed by atoms with van der Waals surface area (Å²) < 4.78 is 7.93. The summed E-state index contributed by atoms with van der Waals surface area (Å²) >= 11 is 0. The second kappa shape index (κ2) is 9.79. The van der Waals surface area contributed by atoms with Crippen LogP contribution in [-0.2, 0) is 17.9 Å². The number of hydrogen-bond acceptors (Lipinski definition) is 7. The van der Waals surface area contributed by atoms with Crippen LogP contribution in [0.2, 0.25) is 0 Å². The lowest BCUT2D eigenvalue weighted by molar-refractivity contribution is 0.0303. The molecule has 2 aliphatic rings. The van der Waals surface area contributed by atoms with Gasteiger partial charge in [0.05, 0.1) is 30.4 Å². The topological polar surface area (TPSA) is 117 Å². The number of nitrogens with one attached hydrogen (secondary N) is 2. The highest BCUT2D eigenvalue weighted by atomic mass is 16.5. The number of carbonyl (C=O) groups excluding carboxylic acids is 1. The maximum atomic E-state index is 12.4. The highest BCUT2D eigenvalue weighted by Crippen LogP contribution is 2.33. The van der Waals surface area contributed by atoms with Crippen LogP contribution in [0.25, 0.3) is 22.4 Å². The molecule has 10 heteroatoms. The van der Waals surface area contributed by atoms with Crippen molar-refractivity contribution < 1.29 is 14.6 Å². The molecule has 2 aliphatic heterocycles. The average Bonchev–Trinajstić information content (AvgIpc) is 3.50. The Labute approximate surface area is 214 Å². The fraction of sp³-hybridized carbons (Fsp3) is 0.333. The van der Waals surface area contributed by atoms with Crippen LogP contribution in [0.15, 0.2) is 54.7 Å². The third-order valence-electron chi connectivity index (χ3n) is 6.91. The quantitative estimate of drug-likeness (QED) is 0.367. The van der Waals surface area contributed by atoms with Gasteiger partial charge in [-0.2, -0.15) is 5.10 Å². The Morgan fingerprint density at radius 3 is 2.27 bits per heavy atom. The predicted octanol–water partition coefficient (Wildman–Crippen LogP) is 4.02. The molecule has 10 nitrogen and oxygen atoms in total. The van der Waals surface area contributed by atoms with Crippen molar-refractivity contribution in [2.24, 2.45) is 0 Å². The van der Waals surface area contributed by atoms with Crippen LogP contribution in [0.3, 0.4) is 0 Å². The lowest BCUT2D eigenvalue weighted by atomic mass is 10.2. The first-order chi connectivity index (χ1) is 18.1. The van der Waals surface area contributed by atoms with Gasteiger partial charge in [-0.15, -0.1) is 0 Å². The normalized spacial score (nSPS) is 18.8. The van der Waals surface area contributed by atoms with Gasteiger partial charge in [-0.3, -0.25) is 0 Å². The number of aryl methyl sites for hydroxylation is 1. The zero-order chi connectivity index (χ0) is 25.4. The largest absolute Gasteiger partial charge is 0.392 e. The lowest BCUT2D eigenvalue weighted by Crippen LogP contribution is -2.43. The number of urea groups is 1. The number of aliphatic hydroxyl groups is 1. The molecule has 2 aromatic carbocycles. The third-order valence-corrected chi connectivity index (χ3v) is 6.91. The second-order valence-electron chi connectivity index (χ2n) is 9.44. The van der Waals surface area contributed by atoms with Gasteiger partial charge in [-0.05, 0) is 61.7 Å². The second-order valence-corrected chi connectivity index (χ2v) is 9.44. The van der Waals surface area contributed by atoms with Crippen LogP contribution in [0, 0.1) is 0 Å². The van der Waals surface area contributed by atoms with Gasteiger partial charge in [-0.25, -0.2) is 19.4 Å². The molecule has 190 valence electrons. The number of hydrogen-bond donors (Lipinski definition) is 3. The molecular formula is C27H29N7O3. The van der Waals surface area contributed by atoms with Gasteiger partial charge in [0.15, 0.2) is 11.5 Å². The van der Waals surface area contributed by atoms with Crippen LogP contribution in [0.4, 0.5) is 22.0 Å². The molecule has 4 heterocycles. The number of fused-ring (bicyclic) bond motifs is 3. The Morgan fingerprint density at radius 1 is 1.00 bits per heavy atom. The van der Waals surface area contributed by atoms with Gasteiger partial charge < -0.3 is 25.4 Å². The first-order valence-corrected chi connectivity index (χ1v) is 12.6. The molecule has 2 unspecified atom stereocenters. The van der Waals surface area contributed by atoms with Gasteiger partial charge in [0.25, 0.3) is 0 Å². The van der Waals surface area contributed by atoms with Gasteiger partial charge in [0.2, 0.25) is 0 Å². The lowest BCUT2D eigenvalue weighted by Gasteiger charge is -2.33. The number of aliphatic hydroxyl groups excluding tert-OH is 1. The highest BCUT2D eigenvalue weighted by molar-refractivity contribution is 5.99. The predicted molar refractivity (Wildman–Crippen MR) is 142 cm³/mol. The molecule has 4 aromatic rings. The molecule has 2 bridgehead atoms. The summed E-state index contributed by atoms with van der Waals surface area (Å²) in [7, 11) is 0. The summed E-state index contributed by atoms with van der Waals surface area (Å²) in [6.45, 7) is 4.37. The highest BCUT2D eigenvalue weighted by Gasteiger charge is 2.35. The number of aromatic nitrogens is 4. The van der Waals surface area contributed by atoms with Gasteiger partial charge >= 0.3 is 6.03 Å². The van der Waals surface area contributed by atoms with Crippen LogP contribution in [0.5, 0.6) is 0 Å². The van der Waals surface area contributed by atoms with Crippen molar-refractivity contribution in [2.45, 2.75) is 45.1 Å². The minimum atomic E-state index is -0.349. The Hall–Kier alpha value is -4.02. The number of carbonyl (C=O) groups is 1. The molecule has 0 aliphatic carbocycles. The first kappa shape index (κ1) is 23.4. The Balaban J connectivity index is 1.23. The minimum Gasteiger partial charge on any atom is -0.392 e. The van der Waals surface area contributed by atoms with Crippen molar-refractivity contribution in [3.05, 3.63) is 60.3 Å². The number of rotatable bonds is 6. The zero-order valence-corrected chi connectivity index (χ0v) is 20.6. The summed E-state index contributed by atoms with van der Waals surface area (Å²) in [6, 6.07) is 14.2. The van der Waals surface area contributed by atoms with E-state index in [4.69, 9.17) is 19.8 Å². The molecule has 2 amide bonds. The number of ether oxygens (including phenoxy) is 1. The Kier molecular flexibility index (Phi) is 6.19. The summed E-state index contributed by atoms with van der Waals surface area (Å²) in [5.74, 6) is 1.52. The molecule has 6 rings (SSSR count). The summed E-state index contributed by atoms with van der Waals surface area (Å²) in [6.07, 6.45) is 4.53. The summed E-state index contributed by atoms with van der Waals surface area (Å²) in [4.78, 5) is 24.6. The Bertz CT molecular complexity index is 1410. The maximum Gasteiger partial charge on any atom is 0.323 e. The van der Waals surface area contributed by atoms with E-state index >= 15 is 0 Å². The van der Waals surface area contributed by atoms with Crippen molar-refractivity contribution >= 4 is 34.3 Å². The van der Waals surface area contributed by atoms with Crippen LogP contribution >= 0.6 is 0 Å². The SMILES string of the molecule is CCn1ncc2c(N3CC4CCC(C3)O4)nc(-c3ccc(NC(=O)Nc4ccc(CO)cc4)cc3)nc21. The molecule has 0 spiro atoms. The van der Waals surface area contributed by atoms with Crippen molar-refractivity contribution in [3.8, 4) is 11.4 Å². The van der Waals surface area contributed by atoms with Crippen LogP contribution in [0.1, 0.15) is 25.3 Å². The number of benzene rings is 2. The first-order valence-electron chi connectivity index (χ1n) is 12.6. The monoisotopic (exact) mass is 499 g/mol. The fourth-order valence-electron chi connectivity index (χ4n) is 5.02. The molecule has 2 atom stereocenters. The van der Waals surface area contributed by atoms with E-state index in [1.54, 1.807) is 24.3 Å². The van der Waals surface area contributed by atoms with E-state index in [-0.39, 0.29) is 24.8 Å². The van der Waals surface area contributed by atoms with E-state index in [9.17, 15) is 4.79 Å². The molecule has 37 heavy (non-hydrogen) atoms. The molecule has 0 radical (unpaired) electrons. The Morgan fingerprint density at radius 2 is 1.65 bits per heavy atom. The number of amides is 2. The van der Waals surface area contributed by atoms with Crippen molar-refractivity contribution in [2.75, 3.05) is 28.6 Å². The van der Waals surface area contributed by atoms with Gasteiger partial charge in [-0.1, -0.05) is 12.1 Å². The minimum absolute atomic E-state index is 0.0365. The standard InChI is InChI=1S/C27H29N7O3/c1-2-34-26-23(13-28-34)25(33-14-21-11-12-22(15-33)37-21)31-24(32-26)18-5-9-20(10-6-18)30-27(36)29-19-7-3-17(16-35)4-8-19/h3-10,13,21-22,35H,2,11-12,14-16H2,1H3,(H2,29,30,36). The fourth-order valence-corrected chi connectivity index (χ4v) is 5.02. The van der Waals surface area contributed by atoms with Crippen LogP contribution < -0.4 is 15.5 Å². The molecular weight excluding hydrogens is 470 g/mol. The van der Waals surface area contributed by atoms with Crippen LogP contribution in [-0.4, -0.2) is 56.2 Å². The van der Waals surface area contributed by atoms with E-state index in [2.05, 4.69) is 27.6 Å². The number of anilines is 3. The van der Waals surface area contributed by atoms with Crippen molar-refractivity contribution in [1.29, 1.82) is 0 Å². The molecule has 2 fully saturated rings.